The molecule has 24 heavy (non-hydrogen) atoms. The van der Waals surface area contributed by atoms with Crippen LogP contribution in [0.15, 0.2) is 48.0 Å². The molecular weight excluding hydrogens is 308 g/mol. The first kappa shape index (κ1) is 19.7. The number of nitrogens with zero attached hydrogens (tertiary/aromatic N) is 3. The van der Waals surface area contributed by atoms with E-state index in [-0.39, 0.29) is 13.6 Å². The predicted molar refractivity (Wildman–Crippen MR) is 91.6 cm³/mol. The number of rotatable bonds is 13. The van der Waals surface area contributed by atoms with Gasteiger partial charge in [0.1, 0.15) is 0 Å². The van der Waals surface area contributed by atoms with E-state index >= 15 is 0 Å². The Bertz CT molecular complexity index is 541. The first-order valence-corrected chi connectivity index (χ1v) is 7.74. The second-order valence-corrected chi connectivity index (χ2v) is 4.81. The number of hydrogen-bond acceptors (Lipinski definition) is 6. The summed E-state index contributed by atoms with van der Waals surface area (Å²) in [6.07, 6.45) is 12.0. The smallest absolute Gasteiger partial charge is 0.288 e. The second-order valence-electron chi connectivity index (χ2n) is 4.81. The van der Waals surface area contributed by atoms with Crippen molar-refractivity contribution in [3.05, 3.63) is 48.7 Å². The van der Waals surface area contributed by atoms with Crippen LogP contribution in [0.5, 0.6) is 0 Å². The molecule has 0 amide bonds. The minimum atomic E-state index is 0.0355. The third-order valence-electron chi connectivity index (χ3n) is 2.82. The van der Waals surface area contributed by atoms with Crippen molar-refractivity contribution in [2.75, 3.05) is 13.6 Å². The van der Waals surface area contributed by atoms with Crippen LogP contribution in [0.2, 0.25) is 0 Å². The van der Waals surface area contributed by atoms with E-state index in [2.05, 4.69) is 23.5 Å². The van der Waals surface area contributed by atoms with Crippen molar-refractivity contribution in [2.45, 2.75) is 32.9 Å². The Morgan fingerprint density at radius 2 is 2.29 bits per heavy atom. The molecule has 0 spiro atoms. The number of allylic oxidation sites excluding steroid dienone is 2. The van der Waals surface area contributed by atoms with Crippen molar-refractivity contribution in [3.8, 4) is 0 Å². The Hall–Kier alpha value is -2.38. The lowest BCUT2D eigenvalue weighted by Gasteiger charge is -2.04. The zero-order valence-corrected chi connectivity index (χ0v) is 14.1. The van der Waals surface area contributed by atoms with Crippen LogP contribution in [0.1, 0.15) is 25.5 Å². The van der Waals surface area contributed by atoms with E-state index in [0.717, 1.165) is 18.5 Å². The van der Waals surface area contributed by atoms with Crippen LogP contribution in [0.4, 0.5) is 0 Å². The Morgan fingerprint density at radius 1 is 1.42 bits per heavy atom. The van der Waals surface area contributed by atoms with E-state index < -0.39 is 0 Å². The summed E-state index contributed by atoms with van der Waals surface area (Å²) in [6, 6.07) is 1.98. The van der Waals surface area contributed by atoms with Crippen molar-refractivity contribution >= 4 is 12.6 Å². The maximum Gasteiger partial charge on any atom is 0.288 e. The number of aryl methyl sites for hydroxylation is 1. The molecule has 7 heteroatoms. The van der Waals surface area contributed by atoms with Crippen molar-refractivity contribution in [3.63, 3.8) is 0 Å². The average Bonchev–Trinajstić information content (AvgIpc) is 2.59. The molecule has 0 saturated carbocycles. The topological polar surface area (TPSA) is 80.7 Å². The molecule has 1 rings (SSSR count). The molecule has 0 aliphatic rings. The van der Waals surface area contributed by atoms with Gasteiger partial charge < -0.3 is 19.6 Å². The quantitative estimate of drug-likeness (QED) is 0.150. The van der Waals surface area contributed by atoms with E-state index in [1.165, 1.54) is 12.6 Å². The predicted octanol–water partition coefficient (Wildman–Crippen LogP) is 2.38. The zero-order chi connectivity index (χ0) is 17.5. The summed E-state index contributed by atoms with van der Waals surface area (Å²) in [6.45, 7) is 6.25. The van der Waals surface area contributed by atoms with Gasteiger partial charge >= 0.3 is 0 Å². The van der Waals surface area contributed by atoms with Crippen LogP contribution in [-0.4, -0.2) is 31.2 Å². The van der Waals surface area contributed by atoms with Crippen LogP contribution in [-0.2, 0) is 27.4 Å². The van der Waals surface area contributed by atoms with Gasteiger partial charge in [-0.05, 0) is 12.5 Å². The fourth-order valence-corrected chi connectivity index (χ4v) is 1.72. The molecule has 0 radical (unpaired) electrons. The third-order valence-corrected chi connectivity index (χ3v) is 2.82. The monoisotopic (exact) mass is 333 g/mol. The molecule has 0 aliphatic heterocycles. The summed E-state index contributed by atoms with van der Waals surface area (Å²) in [5.74, 6) is 0. The lowest BCUT2D eigenvalue weighted by molar-refractivity contribution is -0.737. The first-order chi connectivity index (χ1) is 11.8. The van der Waals surface area contributed by atoms with Gasteiger partial charge in [0.25, 0.3) is 6.33 Å². The van der Waals surface area contributed by atoms with Crippen molar-refractivity contribution in [1.29, 1.82) is 5.41 Å². The fourth-order valence-electron chi connectivity index (χ4n) is 1.72. The minimum absolute atomic E-state index is 0.0355. The van der Waals surface area contributed by atoms with Gasteiger partial charge in [-0.2, -0.15) is 0 Å². The molecule has 0 aliphatic carbocycles. The summed E-state index contributed by atoms with van der Waals surface area (Å²) in [5.41, 5.74) is 1.76. The van der Waals surface area contributed by atoms with E-state index in [4.69, 9.17) is 19.6 Å². The molecule has 1 aromatic rings. The largest absolute Gasteiger partial charge is 0.457 e. The molecule has 0 fully saturated rings. The summed E-state index contributed by atoms with van der Waals surface area (Å²) >= 11 is 0. The highest BCUT2D eigenvalue weighted by Crippen LogP contribution is 2.01. The van der Waals surface area contributed by atoms with Crippen LogP contribution in [0.25, 0.3) is 0 Å². The molecule has 0 bridgehead atoms. The standard InChI is InChI=1S/C17H25N4O3/c1-3-5-16(7-9-18)20-12-22-14-24-15-23-13-21-10-8-17(6-4-2)19-11-21/h3,7-12,18H,1,4-6,13-15H2,2H3/q+1/b16-7-,18-9?,20-12?. The maximum atomic E-state index is 7.01. The highest BCUT2D eigenvalue weighted by atomic mass is 16.7. The molecule has 1 N–H and O–H groups in total. The summed E-state index contributed by atoms with van der Waals surface area (Å²) in [4.78, 5) is 8.38. The van der Waals surface area contributed by atoms with Gasteiger partial charge in [-0.1, -0.05) is 18.0 Å². The van der Waals surface area contributed by atoms with E-state index in [1.54, 1.807) is 18.5 Å². The Kier molecular flexibility index (Phi) is 10.7. The maximum absolute atomic E-state index is 7.01. The summed E-state index contributed by atoms with van der Waals surface area (Å²) < 4.78 is 17.4. The van der Waals surface area contributed by atoms with Gasteiger partial charge in [-0.15, -0.1) is 6.58 Å². The molecule has 0 unspecified atom stereocenters. The Labute approximate surface area is 142 Å². The SMILES string of the molecule is C=CC/C(=C/C=N)N=COCOCOC[n+]1ccc(CCC)nc1. The first-order valence-electron chi connectivity index (χ1n) is 7.74. The molecule has 0 aromatic carbocycles. The van der Waals surface area contributed by atoms with Crippen LogP contribution >= 0.6 is 0 Å². The van der Waals surface area contributed by atoms with Gasteiger partial charge in [-0.3, -0.25) is 0 Å². The van der Waals surface area contributed by atoms with E-state index in [0.29, 0.717) is 18.8 Å². The molecule has 1 heterocycles. The number of aromatic nitrogens is 2. The van der Waals surface area contributed by atoms with Gasteiger partial charge in [0.15, 0.2) is 32.4 Å². The third kappa shape index (κ3) is 8.92. The highest BCUT2D eigenvalue weighted by Gasteiger charge is 2.02. The van der Waals surface area contributed by atoms with Gasteiger partial charge in [0, 0.05) is 30.8 Å². The van der Waals surface area contributed by atoms with Crippen LogP contribution in [0.3, 0.4) is 0 Å². The lowest BCUT2D eigenvalue weighted by atomic mass is 10.2. The lowest BCUT2D eigenvalue weighted by Crippen LogP contribution is -2.35. The number of aliphatic imine (C=N–C) groups is 1. The molecule has 0 saturated heterocycles. The van der Waals surface area contributed by atoms with Gasteiger partial charge in [-0.25, -0.2) is 9.56 Å². The summed E-state index contributed by atoms with van der Waals surface area (Å²) in [7, 11) is 0. The van der Waals surface area contributed by atoms with Crippen molar-refractivity contribution in [2.24, 2.45) is 4.99 Å². The Balaban J connectivity index is 2.12. The molecule has 130 valence electrons. The Morgan fingerprint density at radius 3 is 2.96 bits per heavy atom. The molecule has 1 aromatic heterocycles. The molecule has 7 nitrogen and oxygen atoms in total. The van der Waals surface area contributed by atoms with Crippen molar-refractivity contribution < 1.29 is 18.8 Å². The van der Waals surface area contributed by atoms with E-state index in [1.807, 2.05) is 16.8 Å². The number of hydrogen-bond donors (Lipinski definition) is 1. The van der Waals surface area contributed by atoms with Gasteiger partial charge in [0.05, 0.1) is 6.20 Å². The summed E-state index contributed by atoms with van der Waals surface area (Å²) in [5, 5.41) is 7.01. The molecule has 0 atom stereocenters. The van der Waals surface area contributed by atoms with Crippen LogP contribution in [0, 0.1) is 5.41 Å². The van der Waals surface area contributed by atoms with Gasteiger partial charge in [0.2, 0.25) is 0 Å². The number of nitrogens with one attached hydrogen (secondary N) is 1. The van der Waals surface area contributed by atoms with Crippen molar-refractivity contribution in [1.82, 2.24) is 4.98 Å². The second kappa shape index (κ2) is 13.1. The minimum Gasteiger partial charge on any atom is -0.457 e. The molecular formula is C17H25N4O3+. The number of ether oxygens (including phenoxy) is 3. The van der Waals surface area contributed by atoms with E-state index in [9.17, 15) is 0 Å². The van der Waals surface area contributed by atoms with Crippen LogP contribution < -0.4 is 4.57 Å². The average molecular weight is 333 g/mol. The highest BCUT2D eigenvalue weighted by molar-refractivity contribution is 5.69. The normalized spacial score (nSPS) is 11.6. The zero-order valence-electron chi connectivity index (χ0n) is 14.1. The fraction of sp³-hybridized carbons (Fsp3) is 0.412.